The summed E-state index contributed by atoms with van der Waals surface area (Å²) in [6.45, 7) is 7.97. The minimum absolute atomic E-state index is 0.0700. The first-order chi connectivity index (χ1) is 17.4. The van der Waals surface area contributed by atoms with Gasteiger partial charge in [-0.3, -0.25) is 14.6 Å². The molecule has 2 aromatic rings. The van der Waals surface area contributed by atoms with Crippen molar-refractivity contribution in [3.63, 3.8) is 0 Å². The van der Waals surface area contributed by atoms with Gasteiger partial charge >= 0.3 is 12.1 Å². The highest BCUT2D eigenvalue weighted by Gasteiger charge is 2.32. The van der Waals surface area contributed by atoms with Crippen molar-refractivity contribution >= 4 is 33.7 Å². The van der Waals surface area contributed by atoms with Gasteiger partial charge in [0.25, 0.3) is 5.91 Å². The topological polar surface area (TPSA) is 135 Å². The van der Waals surface area contributed by atoms with Gasteiger partial charge in [0.2, 0.25) is 10.0 Å². The van der Waals surface area contributed by atoms with Crippen molar-refractivity contribution < 1.29 is 32.3 Å². The normalized spacial score (nSPS) is 14.6. The number of piperazine rings is 1. The summed E-state index contributed by atoms with van der Waals surface area (Å²) in [6, 6.07) is 8.93. The van der Waals surface area contributed by atoms with Crippen molar-refractivity contribution in [1.29, 1.82) is 0 Å². The molecule has 0 atom stereocenters. The monoisotopic (exact) mass is 532 g/mol. The number of hydrogen-bond acceptors (Lipinski definition) is 8. The molecule has 0 saturated carbocycles. The van der Waals surface area contributed by atoms with Crippen molar-refractivity contribution in [2.24, 2.45) is 0 Å². The van der Waals surface area contributed by atoms with E-state index in [0.717, 1.165) is 0 Å². The highest BCUT2D eigenvalue weighted by Crippen LogP contribution is 2.21. The minimum atomic E-state index is -3.79. The predicted octanol–water partition coefficient (Wildman–Crippen LogP) is 2.68. The number of benzene rings is 1. The van der Waals surface area contributed by atoms with Crippen molar-refractivity contribution in [3.8, 4) is 0 Å². The van der Waals surface area contributed by atoms with Crippen LogP contribution >= 0.6 is 0 Å². The van der Waals surface area contributed by atoms with E-state index >= 15 is 0 Å². The number of rotatable bonds is 7. The summed E-state index contributed by atoms with van der Waals surface area (Å²) in [6.07, 6.45) is 0.873. The van der Waals surface area contributed by atoms with E-state index in [1.54, 1.807) is 39.8 Å². The smallest absolute Gasteiger partial charge is 0.410 e. The fourth-order valence-electron chi connectivity index (χ4n) is 3.63. The highest BCUT2D eigenvalue weighted by molar-refractivity contribution is 7.89. The van der Waals surface area contributed by atoms with Crippen molar-refractivity contribution in [2.75, 3.05) is 38.1 Å². The molecule has 37 heavy (non-hydrogen) atoms. The number of nitrogens with one attached hydrogen (secondary N) is 1. The number of pyridine rings is 1. The first-order valence-electron chi connectivity index (χ1n) is 11.9. The number of ether oxygens (including phenoxy) is 2. The third-order valence-electron chi connectivity index (χ3n) is 5.39. The van der Waals surface area contributed by atoms with Gasteiger partial charge in [-0.2, -0.15) is 4.31 Å². The molecule has 1 N–H and O–H groups in total. The first-order valence-corrected chi connectivity index (χ1v) is 13.3. The molecule has 1 fully saturated rings. The number of nitrogens with zero attached hydrogens (tertiary/aromatic N) is 3. The lowest BCUT2D eigenvalue weighted by molar-refractivity contribution is -0.142. The van der Waals surface area contributed by atoms with Crippen LogP contribution in [0.15, 0.2) is 47.5 Å². The molecule has 0 aliphatic carbocycles. The molecule has 1 aliphatic rings. The summed E-state index contributed by atoms with van der Waals surface area (Å²) in [7, 11) is -3.79. The second-order valence-corrected chi connectivity index (χ2v) is 11.3. The molecule has 12 heteroatoms. The molecule has 3 rings (SSSR count). The van der Waals surface area contributed by atoms with Crippen LogP contribution in [0.4, 0.5) is 10.5 Å². The molecule has 2 heterocycles. The van der Waals surface area contributed by atoms with Crippen molar-refractivity contribution in [3.05, 3.63) is 53.9 Å². The summed E-state index contributed by atoms with van der Waals surface area (Å²) in [5.41, 5.74) is 0.250. The summed E-state index contributed by atoms with van der Waals surface area (Å²) in [4.78, 5) is 42.6. The number of carbonyl (C=O) groups excluding carboxylic acids is 3. The molecule has 1 aromatic heterocycles. The highest BCUT2D eigenvalue weighted by atomic mass is 32.2. The summed E-state index contributed by atoms with van der Waals surface area (Å²) in [5.74, 6) is -0.974. The molecule has 1 aliphatic heterocycles. The van der Waals surface area contributed by atoms with Crippen LogP contribution in [-0.2, 0) is 30.7 Å². The molecule has 0 spiro atoms. The third kappa shape index (κ3) is 7.49. The van der Waals surface area contributed by atoms with Gasteiger partial charge in [-0.05, 0) is 64.1 Å². The third-order valence-corrected chi connectivity index (χ3v) is 7.31. The molecule has 0 bridgehead atoms. The molecule has 0 radical (unpaired) electrons. The SMILES string of the molecule is CCOC(=O)Cc1ncccc1C(=O)Nc1ccc(S(=O)(=O)N2CCN(C(=O)OC(C)(C)C)CC2)cc1. The number of amides is 2. The predicted molar refractivity (Wildman–Crippen MR) is 136 cm³/mol. The number of aromatic nitrogens is 1. The van der Waals surface area contributed by atoms with E-state index in [1.807, 2.05) is 0 Å². The Hall–Kier alpha value is -3.51. The van der Waals surface area contributed by atoms with E-state index in [4.69, 9.17) is 9.47 Å². The Morgan fingerprint density at radius 1 is 1.03 bits per heavy atom. The number of carbonyl (C=O) groups is 3. The van der Waals surface area contributed by atoms with E-state index < -0.39 is 33.6 Å². The van der Waals surface area contributed by atoms with Gasteiger partial charge in [0.05, 0.1) is 29.2 Å². The number of sulfonamides is 1. The zero-order valence-corrected chi connectivity index (χ0v) is 22.2. The Morgan fingerprint density at radius 3 is 2.27 bits per heavy atom. The fourth-order valence-corrected chi connectivity index (χ4v) is 5.05. The maximum absolute atomic E-state index is 13.1. The van der Waals surface area contributed by atoms with E-state index in [0.29, 0.717) is 5.69 Å². The van der Waals surface area contributed by atoms with E-state index in [-0.39, 0.29) is 55.4 Å². The standard InChI is InChI=1S/C25H32N4O7S/c1-5-35-22(30)17-21-20(7-6-12-26-21)23(31)27-18-8-10-19(11-9-18)37(33,34)29-15-13-28(14-16-29)24(32)36-25(2,3)4/h6-12H,5,13-17H2,1-4H3,(H,27,31). The summed E-state index contributed by atoms with van der Waals surface area (Å²) >= 11 is 0. The lowest BCUT2D eigenvalue weighted by Gasteiger charge is -2.35. The number of hydrogen-bond donors (Lipinski definition) is 1. The number of esters is 1. The average molecular weight is 533 g/mol. The van der Waals surface area contributed by atoms with Crippen LogP contribution in [0.3, 0.4) is 0 Å². The van der Waals surface area contributed by atoms with Gasteiger partial charge in [-0.25, -0.2) is 13.2 Å². The van der Waals surface area contributed by atoms with Gasteiger partial charge in [0.15, 0.2) is 0 Å². The van der Waals surface area contributed by atoms with Crippen LogP contribution in [0.5, 0.6) is 0 Å². The second kappa shape index (κ2) is 11.7. The summed E-state index contributed by atoms with van der Waals surface area (Å²) in [5, 5.41) is 2.70. The maximum atomic E-state index is 13.1. The second-order valence-electron chi connectivity index (χ2n) is 9.33. The fraction of sp³-hybridized carbons (Fsp3) is 0.440. The van der Waals surface area contributed by atoms with Crippen LogP contribution in [0.2, 0.25) is 0 Å². The zero-order valence-electron chi connectivity index (χ0n) is 21.4. The molecule has 1 aromatic carbocycles. The number of anilines is 1. The van der Waals surface area contributed by atoms with E-state index in [1.165, 1.54) is 39.7 Å². The Labute approximate surface area is 216 Å². The lowest BCUT2D eigenvalue weighted by Crippen LogP contribution is -2.51. The molecule has 1 saturated heterocycles. The maximum Gasteiger partial charge on any atom is 0.410 e. The molecular weight excluding hydrogens is 500 g/mol. The quantitative estimate of drug-likeness (QED) is 0.538. The van der Waals surface area contributed by atoms with Crippen LogP contribution in [-0.4, -0.2) is 79.0 Å². The Kier molecular flexibility index (Phi) is 8.87. The van der Waals surface area contributed by atoms with Crippen LogP contribution < -0.4 is 5.32 Å². The zero-order chi connectivity index (χ0) is 27.2. The van der Waals surface area contributed by atoms with Gasteiger partial charge in [-0.15, -0.1) is 0 Å². The summed E-state index contributed by atoms with van der Waals surface area (Å²) < 4.78 is 37.8. The lowest BCUT2D eigenvalue weighted by atomic mass is 10.1. The van der Waals surface area contributed by atoms with Crippen LogP contribution in [0.1, 0.15) is 43.7 Å². The van der Waals surface area contributed by atoms with Gasteiger partial charge in [0.1, 0.15) is 5.60 Å². The Bertz CT molecular complexity index is 1230. The van der Waals surface area contributed by atoms with E-state index in [2.05, 4.69) is 10.3 Å². The first kappa shape index (κ1) is 28.1. The molecular formula is C25H32N4O7S. The van der Waals surface area contributed by atoms with Crippen molar-refractivity contribution in [1.82, 2.24) is 14.2 Å². The van der Waals surface area contributed by atoms with Gasteiger partial charge in [-0.1, -0.05) is 0 Å². The Morgan fingerprint density at radius 2 is 1.68 bits per heavy atom. The molecule has 11 nitrogen and oxygen atoms in total. The minimum Gasteiger partial charge on any atom is -0.466 e. The van der Waals surface area contributed by atoms with Gasteiger partial charge in [0, 0.05) is 38.1 Å². The van der Waals surface area contributed by atoms with Crippen LogP contribution in [0.25, 0.3) is 0 Å². The average Bonchev–Trinajstić information content (AvgIpc) is 2.84. The molecule has 200 valence electrons. The van der Waals surface area contributed by atoms with Crippen LogP contribution in [0, 0.1) is 0 Å². The van der Waals surface area contributed by atoms with Crippen molar-refractivity contribution in [2.45, 2.75) is 44.6 Å². The van der Waals surface area contributed by atoms with E-state index in [9.17, 15) is 22.8 Å². The molecule has 2 amide bonds. The Balaban J connectivity index is 1.63. The van der Waals surface area contributed by atoms with Gasteiger partial charge < -0.3 is 19.7 Å². The largest absolute Gasteiger partial charge is 0.466 e. The molecule has 0 unspecified atom stereocenters.